The number of Topliss-reactive ketones (excluding diaryl/α,β-unsaturated/α-hetero) is 2. The topological polar surface area (TPSA) is 52.6 Å². The van der Waals surface area contributed by atoms with E-state index in [-0.39, 0.29) is 53.2 Å². The molecule has 5 aliphatic rings. The summed E-state index contributed by atoms with van der Waals surface area (Å²) in [4.78, 5) is 24.0. The molecular weight excluding hydrogens is 256 g/mol. The van der Waals surface area contributed by atoms with E-state index < -0.39 is 0 Å². The van der Waals surface area contributed by atoms with Crippen LogP contribution in [0.25, 0.3) is 0 Å². The molecule has 4 heteroatoms. The Balaban J connectivity index is 1.66. The maximum Gasteiger partial charge on any atom is 0.168 e. The van der Waals surface area contributed by atoms with Crippen molar-refractivity contribution in [1.29, 1.82) is 0 Å². The molecule has 5 rings (SSSR count). The molecule has 1 aliphatic carbocycles. The Bertz CT molecular complexity index is 591. The number of rotatable bonds is 1. The van der Waals surface area contributed by atoms with E-state index in [1.165, 1.54) is 0 Å². The third-order valence-electron chi connectivity index (χ3n) is 6.07. The second-order valence-electron chi connectivity index (χ2n) is 6.73. The molecule has 0 aromatic rings. The van der Waals surface area contributed by atoms with Crippen molar-refractivity contribution in [3.63, 3.8) is 0 Å². The van der Waals surface area contributed by atoms with Gasteiger partial charge in [-0.05, 0) is 12.0 Å². The van der Waals surface area contributed by atoms with Crippen molar-refractivity contribution in [3.05, 3.63) is 24.3 Å². The summed E-state index contributed by atoms with van der Waals surface area (Å²) in [6.45, 7) is 3.99. The Kier molecular flexibility index (Phi) is 1.89. The van der Waals surface area contributed by atoms with Crippen molar-refractivity contribution in [1.82, 2.24) is 0 Å². The summed E-state index contributed by atoms with van der Waals surface area (Å²) in [6, 6.07) is 0. The summed E-state index contributed by atoms with van der Waals surface area (Å²) in [5.41, 5.74) is 0.878. The molecule has 7 atom stereocenters. The van der Waals surface area contributed by atoms with E-state index in [9.17, 15) is 9.59 Å². The van der Waals surface area contributed by atoms with E-state index in [1.54, 1.807) is 0 Å². The van der Waals surface area contributed by atoms with Gasteiger partial charge in [-0.3, -0.25) is 9.59 Å². The first-order valence-corrected chi connectivity index (χ1v) is 7.35. The van der Waals surface area contributed by atoms with Gasteiger partial charge in [0.05, 0.1) is 12.2 Å². The van der Waals surface area contributed by atoms with E-state index in [0.29, 0.717) is 12.8 Å². The van der Waals surface area contributed by atoms with Crippen molar-refractivity contribution in [3.8, 4) is 0 Å². The van der Waals surface area contributed by atoms with Crippen LogP contribution in [-0.2, 0) is 19.1 Å². The summed E-state index contributed by atoms with van der Waals surface area (Å²) in [5, 5.41) is 0. The van der Waals surface area contributed by atoms with Gasteiger partial charge >= 0.3 is 0 Å². The van der Waals surface area contributed by atoms with Crippen molar-refractivity contribution < 1.29 is 19.1 Å². The van der Waals surface area contributed by atoms with Crippen LogP contribution in [0.15, 0.2) is 24.3 Å². The lowest BCUT2D eigenvalue weighted by molar-refractivity contribution is -0.126. The van der Waals surface area contributed by atoms with Gasteiger partial charge in [0.2, 0.25) is 0 Å². The average molecular weight is 272 g/mol. The third kappa shape index (κ3) is 1.02. The lowest BCUT2D eigenvalue weighted by Crippen LogP contribution is -2.51. The maximum absolute atomic E-state index is 12.1. The van der Waals surface area contributed by atoms with Gasteiger partial charge in [-0.2, -0.15) is 0 Å². The fraction of sp³-hybridized carbons (Fsp3) is 0.625. The predicted octanol–water partition coefficient (Wildman–Crippen LogP) is 1.20. The Morgan fingerprint density at radius 3 is 2.80 bits per heavy atom. The second-order valence-corrected chi connectivity index (χ2v) is 6.73. The molecule has 20 heavy (non-hydrogen) atoms. The van der Waals surface area contributed by atoms with Gasteiger partial charge < -0.3 is 9.47 Å². The van der Waals surface area contributed by atoms with Gasteiger partial charge in [0.1, 0.15) is 12.2 Å². The van der Waals surface area contributed by atoms with Crippen LogP contribution in [0.4, 0.5) is 0 Å². The average Bonchev–Trinajstić information content (AvgIpc) is 3.15. The van der Waals surface area contributed by atoms with Crippen LogP contribution in [0.1, 0.15) is 19.3 Å². The summed E-state index contributed by atoms with van der Waals surface area (Å²) in [7, 11) is 0. The molecule has 0 radical (unpaired) electrons. The number of carbonyl (C=O) groups is 2. The molecule has 4 fully saturated rings. The largest absolute Gasteiger partial charge is 0.365 e. The monoisotopic (exact) mass is 272 g/mol. The highest BCUT2D eigenvalue weighted by molar-refractivity contribution is 5.91. The Labute approximate surface area is 116 Å². The van der Waals surface area contributed by atoms with E-state index in [2.05, 4.69) is 12.7 Å². The Hall–Kier alpha value is -1.26. The number of allylic oxidation sites excluding steroid dienone is 1. The fourth-order valence-corrected chi connectivity index (χ4v) is 5.34. The molecule has 4 saturated heterocycles. The van der Waals surface area contributed by atoms with Gasteiger partial charge in [-0.25, -0.2) is 0 Å². The standard InChI is InChI=1S/C16H16O4/c1-2-16-4-3-7-12(10-5-8(17)14(7)19-10)13(16)11-6-9(18)15(16)20-11/h2-3,10-15H,1,4-6H2/t10-,11-,12+,13+,14-,15+,16-/m1/s1. The lowest BCUT2D eigenvalue weighted by Gasteiger charge is -2.46. The Morgan fingerprint density at radius 2 is 2.00 bits per heavy atom. The summed E-state index contributed by atoms with van der Waals surface area (Å²) in [6.07, 6.45) is 5.16. The summed E-state index contributed by atoms with van der Waals surface area (Å²) >= 11 is 0. The first-order valence-electron chi connectivity index (χ1n) is 7.35. The second kappa shape index (κ2) is 3.31. The zero-order valence-electron chi connectivity index (χ0n) is 11.1. The first kappa shape index (κ1) is 11.4. The zero-order chi connectivity index (χ0) is 13.6. The minimum absolute atomic E-state index is 0.0126. The highest BCUT2D eigenvalue weighted by atomic mass is 16.5. The number of hydrogen-bond acceptors (Lipinski definition) is 4. The van der Waals surface area contributed by atoms with Crippen LogP contribution < -0.4 is 0 Å². The van der Waals surface area contributed by atoms with E-state index in [1.807, 2.05) is 6.08 Å². The van der Waals surface area contributed by atoms with Gasteiger partial charge in [0, 0.05) is 30.1 Å². The molecule has 0 aromatic heterocycles. The highest BCUT2D eigenvalue weighted by Gasteiger charge is 2.69. The quantitative estimate of drug-likeness (QED) is 0.673. The van der Waals surface area contributed by atoms with Gasteiger partial charge in [-0.15, -0.1) is 6.58 Å². The van der Waals surface area contributed by atoms with Gasteiger partial charge in [0.25, 0.3) is 0 Å². The maximum atomic E-state index is 12.1. The Morgan fingerprint density at radius 1 is 1.20 bits per heavy atom. The van der Waals surface area contributed by atoms with Crippen molar-refractivity contribution >= 4 is 11.6 Å². The third-order valence-corrected chi connectivity index (χ3v) is 6.07. The molecule has 4 heterocycles. The first-order chi connectivity index (χ1) is 9.65. The molecular formula is C16H16O4. The van der Waals surface area contributed by atoms with Crippen LogP contribution in [0.2, 0.25) is 0 Å². The lowest BCUT2D eigenvalue weighted by atomic mass is 9.54. The van der Waals surface area contributed by atoms with Crippen molar-refractivity contribution in [2.45, 2.75) is 43.7 Å². The van der Waals surface area contributed by atoms with E-state index in [4.69, 9.17) is 9.47 Å². The molecule has 0 saturated carbocycles. The number of carbonyl (C=O) groups excluding carboxylic acids is 2. The van der Waals surface area contributed by atoms with Gasteiger partial charge in [0.15, 0.2) is 11.6 Å². The fourth-order valence-electron chi connectivity index (χ4n) is 5.34. The van der Waals surface area contributed by atoms with Crippen LogP contribution >= 0.6 is 0 Å². The molecule has 0 N–H and O–H groups in total. The molecule has 4 bridgehead atoms. The number of hydrogen-bond donors (Lipinski definition) is 0. The summed E-state index contributed by atoms with van der Waals surface area (Å²) < 4.78 is 11.8. The number of ketones is 2. The minimum atomic E-state index is -0.331. The highest BCUT2D eigenvalue weighted by Crippen LogP contribution is 2.63. The van der Waals surface area contributed by atoms with Gasteiger partial charge in [-0.1, -0.05) is 12.2 Å². The van der Waals surface area contributed by atoms with E-state index in [0.717, 1.165) is 12.0 Å². The molecule has 0 aromatic carbocycles. The SMILES string of the molecule is C=C[C@@]12CC=C3[C@H]4O[C@H](CC4=O)[C@H]3[C@@H]1[C@H]1CC(=O)[C@@H]2O1. The summed E-state index contributed by atoms with van der Waals surface area (Å²) in [5.74, 6) is 0.922. The molecule has 4 nitrogen and oxygen atoms in total. The van der Waals surface area contributed by atoms with Crippen LogP contribution in [0.5, 0.6) is 0 Å². The molecule has 104 valence electrons. The smallest absolute Gasteiger partial charge is 0.168 e. The van der Waals surface area contributed by atoms with Crippen LogP contribution in [-0.4, -0.2) is 36.0 Å². The van der Waals surface area contributed by atoms with Crippen LogP contribution in [0.3, 0.4) is 0 Å². The van der Waals surface area contributed by atoms with Crippen molar-refractivity contribution in [2.24, 2.45) is 17.3 Å². The normalized spacial score (nSPS) is 54.9. The molecule has 0 spiro atoms. The van der Waals surface area contributed by atoms with Crippen LogP contribution in [0, 0.1) is 17.3 Å². The minimum Gasteiger partial charge on any atom is -0.365 e. The molecule has 4 aliphatic heterocycles. The predicted molar refractivity (Wildman–Crippen MR) is 68.9 cm³/mol. The number of fused-ring (bicyclic) bond motifs is 11. The number of ether oxygens (including phenoxy) is 2. The zero-order valence-corrected chi connectivity index (χ0v) is 11.1. The molecule has 0 amide bonds. The van der Waals surface area contributed by atoms with Crippen molar-refractivity contribution in [2.75, 3.05) is 0 Å². The van der Waals surface area contributed by atoms with E-state index >= 15 is 0 Å². The molecule has 0 unspecified atom stereocenters.